The first-order chi connectivity index (χ1) is 6.08. The van der Waals surface area contributed by atoms with Gasteiger partial charge in [-0.05, 0) is 32.6 Å². The van der Waals surface area contributed by atoms with Gasteiger partial charge in [-0.15, -0.1) is 11.8 Å². The van der Waals surface area contributed by atoms with Crippen LogP contribution in [0.2, 0.25) is 0 Å². The second kappa shape index (κ2) is 3.16. The van der Waals surface area contributed by atoms with Crippen LogP contribution < -0.4 is 5.32 Å². The SMILES string of the molecule is CCC1CCCC12NC(C)(C)CS2. The normalized spacial score (nSPS) is 43.2. The Morgan fingerprint density at radius 3 is 2.77 bits per heavy atom. The Morgan fingerprint density at radius 1 is 1.46 bits per heavy atom. The van der Waals surface area contributed by atoms with E-state index in [4.69, 9.17) is 0 Å². The minimum atomic E-state index is 0.364. The molecule has 0 radical (unpaired) electrons. The molecular weight excluding hydrogens is 178 g/mol. The first kappa shape index (κ1) is 9.85. The topological polar surface area (TPSA) is 12.0 Å². The lowest BCUT2D eigenvalue weighted by atomic mass is 9.97. The van der Waals surface area contributed by atoms with E-state index in [1.165, 1.54) is 31.4 Å². The Hall–Kier alpha value is 0.310. The molecule has 13 heavy (non-hydrogen) atoms. The van der Waals surface area contributed by atoms with Gasteiger partial charge in [0.1, 0.15) is 0 Å². The summed E-state index contributed by atoms with van der Waals surface area (Å²) in [6.45, 7) is 7.00. The highest BCUT2D eigenvalue weighted by Gasteiger charge is 2.49. The summed E-state index contributed by atoms with van der Waals surface area (Å²) < 4.78 is 0. The largest absolute Gasteiger partial charge is 0.297 e. The van der Waals surface area contributed by atoms with Crippen LogP contribution in [-0.4, -0.2) is 16.2 Å². The first-order valence-corrected chi connectivity index (χ1v) is 6.50. The average molecular weight is 199 g/mol. The van der Waals surface area contributed by atoms with Gasteiger partial charge in [0.05, 0.1) is 4.87 Å². The number of rotatable bonds is 1. The molecule has 2 rings (SSSR count). The fourth-order valence-corrected chi connectivity index (χ4v) is 4.74. The van der Waals surface area contributed by atoms with Crippen molar-refractivity contribution in [2.24, 2.45) is 5.92 Å². The maximum atomic E-state index is 3.87. The monoisotopic (exact) mass is 199 g/mol. The molecule has 2 heteroatoms. The molecule has 0 aromatic rings. The summed E-state index contributed by atoms with van der Waals surface area (Å²) in [5.41, 5.74) is 0.364. The predicted octanol–water partition coefficient (Wildman–Crippen LogP) is 3.01. The standard InChI is InChI=1S/C11H21NS/c1-4-9-6-5-7-11(9)12-10(2,3)8-13-11/h9,12H,4-8H2,1-3H3. The van der Waals surface area contributed by atoms with Gasteiger partial charge in [-0.1, -0.05) is 19.8 Å². The van der Waals surface area contributed by atoms with Crippen LogP contribution in [0, 0.1) is 5.92 Å². The Balaban J connectivity index is 2.13. The number of nitrogens with one attached hydrogen (secondary N) is 1. The van der Waals surface area contributed by atoms with E-state index < -0.39 is 0 Å². The molecule has 1 heterocycles. The molecule has 76 valence electrons. The highest BCUT2D eigenvalue weighted by molar-refractivity contribution is 8.01. The van der Waals surface area contributed by atoms with E-state index in [2.05, 4.69) is 37.8 Å². The van der Waals surface area contributed by atoms with Gasteiger partial charge in [0, 0.05) is 11.3 Å². The molecule has 2 aliphatic rings. The van der Waals surface area contributed by atoms with Crippen molar-refractivity contribution in [3.05, 3.63) is 0 Å². The Labute approximate surface area is 86.0 Å². The van der Waals surface area contributed by atoms with Crippen molar-refractivity contribution < 1.29 is 0 Å². The van der Waals surface area contributed by atoms with Crippen molar-refractivity contribution in [1.82, 2.24) is 5.32 Å². The summed E-state index contributed by atoms with van der Waals surface area (Å²) in [6.07, 6.45) is 5.59. The molecule has 1 aliphatic carbocycles. The van der Waals surface area contributed by atoms with E-state index >= 15 is 0 Å². The van der Waals surface area contributed by atoms with Gasteiger partial charge in [0.2, 0.25) is 0 Å². The van der Waals surface area contributed by atoms with Crippen molar-refractivity contribution >= 4 is 11.8 Å². The molecule has 0 aromatic carbocycles. The van der Waals surface area contributed by atoms with Crippen LogP contribution in [0.4, 0.5) is 0 Å². The summed E-state index contributed by atoms with van der Waals surface area (Å²) in [4.78, 5) is 0.457. The third-order valence-corrected chi connectivity index (χ3v) is 5.51. The lowest BCUT2D eigenvalue weighted by Crippen LogP contribution is -2.49. The molecular formula is C11H21NS. The minimum absolute atomic E-state index is 0.364. The van der Waals surface area contributed by atoms with E-state index in [0.29, 0.717) is 10.4 Å². The maximum Gasteiger partial charge on any atom is 0.0678 e. The molecule has 0 bridgehead atoms. The van der Waals surface area contributed by atoms with E-state index in [-0.39, 0.29) is 0 Å². The van der Waals surface area contributed by atoms with Gasteiger partial charge in [-0.25, -0.2) is 0 Å². The quantitative estimate of drug-likeness (QED) is 0.697. The van der Waals surface area contributed by atoms with Crippen LogP contribution in [0.1, 0.15) is 46.5 Å². The zero-order chi connectivity index (χ0) is 9.53. The first-order valence-electron chi connectivity index (χ1n) is 5.51. The van der Waals surface area contributed by atoms with Crippen LogP contribution in [-0.2, 0) is 0 Å². The zero-order valence-electron chi connectivity index (χ0n) is 9.02. The number of thioether (sulfide) groups is 1. The molecule has 0 amide bonds. The van der Waals surface area contributed by atoms with Crippen LogP contribution in [0.25, 0.3) is 0 Å². The van der Waals surface area contributed by atoms with E-state index in [1.807, 2.05) is 0 Å². The van der Waals surface area contributed by atoms with Crippen molar-refractivity contribution in [3.8, 4) is 0 Å². The smallest absolute Gasteiger partial charge is 0.0678 e. The third-order valence-electron chi connectivity index (χ3n) is 3.49. The molecule has 1 saturated carbocycles. The van der Waals surface area contributed by atoms with E-state index in [9.17, 15) is 0 Å². The lowest BCUT2D eigenvalue weighted by Gasteiger charge is -2.33. The second-order valence-electron chi connectivity index (χ2n) is 5.18. The highest BCUT2D eigenvalue weighted by atomic mass is 32.2. The number of hydrogen-bond acceptors (Lipinski definition) is 2. The van der Waals surface area contributed by atoms with Crippen molar-refractivity contribution in [3.63, 3.8) is 0 Å². The zero-order valence-corrected chi connectivity index (χ0v) is 9.84. The van der Waals surface area contributed by atoms with Crippen LogP contribution in [0.5, 0.6) is 0 Å². The summed E-state index contributed by atoms with van der Waals surface area (Å²) in [7, 11) is 0. The highest BCUT2D eigenvalue weighted by Crippen LogP contribution is 2.50. The molecule has 1 nitrogen and oxygen atoms in total. The summed E-state index contributed by atoms with van der Waals surface area (Å²) in [5, 5.41) is 3.87. The van der Waals surface area contributed by atoms with E-state index in [1.54, 1.807) is 0 Å². The summed E-state index contributed by atoms with van der Waals surface area (Å²) >= 11 is 2.18. The Bertz CT molecular complexity index is 202. The van der Waals surface area contributed by atoms with Crippen molar-refractivity contribution in [2.75, 3.05) is 5.75 Å². The van der Waals surface area contributed by atoms with Gasteiger partial charge in [-0.3, -0.25) is 5.32 Å². The van der Waals surface area contributed by atoms with Crippen LogP contribution in [0.15, 0.2) is 0 Å². The van der Waals surface area contributed by atoms with Gasteiger partial charge >= 0.3 is 0 Å². The molecule has 2 unspecified atom stereocenters. The molecule has 1 N–H and O–H groups in total. The van der Waals surface area contributed by atoms with Gasteiger partial charge < -0.3 is 0 Å². The molecule has 1 spiro atoms. The molecule has 2 atom stereocenters. The van der Waals surface area contributed by atoms with Crippen LogP contribution in [0.3, 0.4) is 0 Å². The summed E-state index contributed by atoms with van der Waals surface area (Å²) in [6, 6.07) is 0. The molecule has 1 aliphatic heterocycles. The van der Waals surface area contributed by atoms with Gasteiger partial charge in [-0.2, -0.15) is 0 Å². The minimum Gasteiger partial charge on any atom is -0.297 e. The number of hydrogen-bond donors (Lipinski definition) is 1. The molecule has 1 saturated heterocycles. The Kier molecular flexibility index (Phi) is 2.40. The second-order valence-corrected chi connectivity index (χ2v) is 6.49. The van der Waals surface area contributed by atoms with E-state index in [0.717, 1.165) is 5.92 Å². The van der Waals surface area contributed by atoms with Gasteiger partial charge in [0.15, 0.2) is 0 Å². The van der Waals surface area contributed by atoms with Crippen molar-refractivity contribution in [2.45, 2.75) is 56.9 Å². The maximum absolute atomic E-state index is 3.87. The predicted molar refractivity (Wildman–Crippen MR) is 60.0 cm³/mol. The lowest BCUT2D eigenvalue weighted by molar-refractivity contribution is 0.299. The van der Waals surface area contributed by atoms with Crippen LogP contribution >= 0.6 is 11.8 Å². The molecule has 0 aromatic heterocycles. The Morgan fingerprint density at radius 2 is 2.23 bits per heavy atom. The fourth-order valence-electron chi connectivity index (χ4n) is 2.89. The average Bonchev–Trinajstić information content (AvgIpc) is 2.57. The van der Waals surface area contributed by atoms with Crippen molar-refractivity contribution in [1.29, 1.82) is 0 Å². The summed E-state index contributed by atoms with van der Waals surface area (Å²) in [5.74, 6) is 2.20. The molecule has 2 fully saturated rings. The fraction of sp³-hybridized carbons (Fsp3) is 1.00. The third kappa shape index (κ3) is 1.63. The van der Waals surface area contributed by atoms with Gasteiger partial charge in [0.25, 0.3) is 0 Å².